The van der Waals surface area contributed by atoms with Crippen molar-refractivity contribution in [1.29, 1.82) is 0 Å². The highest BCUT2D eigenvalue weighted by atomic mass is 19.4. The van der Waals surface area contributed by atoms with Gasteiger partial charge in [0.15, 0.2) is 5.82 Å². The number of carbonyl (C=O) groups is 1. The lowest BCUT2D eigenvalue weighted by molar-refractivity contribution is -0.140. The van der Waals surface area contributed by atoms with Crippen LogP contribution in [0.2, 0.25) is 0 Å². The molecule has 7 nitrogen and oxygen atoms in total. The van der Waals surface area contributed by atoms with Crippen molar-refractivity contribution in [2.75, 3.05) is 17.7 Å². The first-order chi connectivity index (χ1) is 15.7. The molecule has 0 atom stereocenters. The highest BCUT2D eigenvalue weighted by molar-refractivity contribution is 6.03. The van der Waals surface area contributed by atoms with E-state index in [1.165, 1.54) is 6.20 Å². The number of halogens is 4. The van der Waals surface area contributed by atoms with Crippen LogP contribution in [-0.4, -0.2) is 32.9 Å². The molecule has 0 saturated heterocycles. The first-order valence-corrected chi connectivity index (χ1v) is 9.60. The maximum atomic E-state index is 13.5. The Kier molecular flexibility index (Phi) is 5.62. The predicted octanol–water partition coefficient (Wildman–Crippen LogP) is 4.85. The summed E-state index contributed by atoms with van der Waals surface area (Å²) in [4.78, 5) is 28.9. The third-order valence-electron chi connectivity index (χ3n) is 4.87. The van der Waals surface area contributed by atoms with Gasteiger partial charge in [-0.15, -0.1) is 0 Å². The Bertz CT molecular complexity index is 1370. The Morgan fingerprint density at radius 2 is 1.73 bits per heavy atom. The molecule has 0 aromatic carbocycles. The topological polar surface area (TPSA) is 92.7 Å². The second kappa shape index (κ2) is 8.41. The molecule has 0 spiro atoms. The van der Waals surface area contributed by atoms with Crippen molar-refractivity contribution in [3.05, 3.63) is 71.8 Å². The quantitative estimate of drug-likeness (QED) is 0.427. The third-order valence-corrected chi connectivity index (χ3v) is 4.87. The predicted molar refractivity (Wildman–Crippen MR) is 114 cm³/mol. The molecule has 0 unspecified atom stereocenters. The molecule has 0 saturated carbocycles. The Labute approximate surface area is 184 Å². The number of nitrogens with one attached hydrogen (secondary N) is 2. The first kappa shape index (κ1) is 22.1. The zero-order valence-corrected chi connectivity index (χ0v) is 17.3. The van der Waals surface area contributed by atoms with Gasteiger partial charge in [-0.1, -0.05) is 0 Å². The van der Waals surface area contributed by atoms with Crippen LogP contribution in [0.4, 0.5) is 29.1 Å². The Hall–Kier alpha value is -4.15. The molecule has 33 heavy (non-hydrogen) atoms. The van der Waals surface area contributed by atoms with Gasteiger partial charge < -0.3 is 10.6 Å². The summed E-state index contributed by atoms with van der Waals surface area (Å²) in [6, 6.07) is 5.65. The van der Waals surface area contributed by atoms with Gasteiger partial charge in [-0.25, -0.2) is 14.4 Å². The minimum absolute atomic E-state index is 0.226. The molecule has 0 aliphatic rings. The Morgan fingerprint density at radius 1 is 0.939 bits per heavy atom. The van der Waals surface area contributed by atoms with Crippen LogP contribution in [0.25, 0.3) is 22.0 Å². The monoisotopic (exact) mass is 456 g/mol. The number of carbonyl (C=O) groups excluding carboxylic acids is 1. The molecule has 4 rings (SSSR count). The summed E-state index contributed by atoms with van der Waals surface area (Å²) in [5.41, 5.74) is 0.824. The van der Waals surface area contributed by atoms with Crippen LogP contribution in [0.15, 0.2) is 49.1 Å². The van der Waals surface area contributed by atoms with Gasteiger partial charge in [-0.05, 0) is 25.1 Å². The molecule has 0 aliphatic heterocycles. The smallest absolute Gasteiger partial charge is 0.373 e. The average Bonchev–Trinajstić information content (AvgIpc) is 2.79. The van der Waals surface area contributed by atoms with E-state index in [0.29, 0.717) is 34.9 Å². The number of hydrogen-bond acceptors (Lipinski definition) is 6. The van der Waals surface area contributed by atoms with Crippen LogP contribution in [0.5, 0.6) is 0 Å². The van der Waals surface area contributed by atoms with Gasteiger partial charge in [0.05, 0.1) is 29.2 Å². The molecule has 1 amide bonds. The van der Waals surface area contributed by atoms with Crippen LogP contribution in [0.1, 0.15) is 21.7 Å². The number of fused-ring (bicyclic) bond motifs is 1. The van der Waals surface area contributed by atoms with Crippen LogP contribution >= 0.6 is 0 Å². The van der Waals surface area contributed by atoms with Gasteiger partial charge in [0.25, 0.3) is 5.91 Å². The van der Waals surface area contributed by atoms with Gasteiger partial charge in [0.1, 0.15) is 11.5 Å². The van der Waals surface area contributed by atoms with E-state index in [0.717, 1.165) is 10.9 Å². The van der Waals surface area contributed by atoms with E-state index in [9.17, 15) is 22.4 Å². The summed E-state index contributed by atoms with van der Waals surface area (Å²) < 4.78 is 52.3. The second-order valence-corrected chi connectivity index (χ2v) is 7.09. The summed E-state index contributed by atoms with van der Waals surface area (Å²) in [6.45, 7) is 1.77. The molecule has 4 aromatic rings. The van der Waals surface area contributed by atoms with Gasteiger partial charge in [0, 0.05) is 47.7 Å². The number of aryl methyl sites for hydroxylation is 1. The number of aromatic nitrogens is 4. The van der Waals surface area contributed by atoms with E-state index in [1.807, 2.05) is 6.07 Å². The van der Waals surface area contributed by atoms with Gasteiger partial charge >= 0.3 is 6.18 Å². The Balaban J connectivity index is 1.64. The number of hydrogen-bond donors (Lipinski definition) is 2. The van der Waals surface area contributed by atoms with Crippen LogP contribution in [-0.2, 0) is 6.18 Å². The summed E-state index contributed by atoms with van der Waals surface area (Å²) >= 11 is 0. The molecule has 0 aliphatic carbocycles. The number of rotatable bonds is 4. The van der Waals surface area contributed by atoms with E-state index in [4.69, 9.17) is 0 Å². The second-order valence-electron chi connectivity index (χ2n) is 7.09. The molecule has 4 aromatic heterocycles. The van der Waals surface area contributed by atoms with E-state index in [2.05, 4.69) is 30.6 Å². The average molecular weight is 456 g/mol. The lowest BCUT2D eigenvalue weighted by atomic mass is 10.0. The highest BCUT2D eigenvalue weighted by Gasteiger charge is 2.35. The molecule has 11 heteroatoms. The number of nitrogens with zero attached hydrogens (tertiary/aromatic N) is 4. The molecule has 168 valence electrons. The minimum Gasteiger partial charge on any atom is -0.373 e. The molecule has 2 N–H and O–H groups in total. The maximum absolute atomic E-state index is 13.5. The Morgan fingerprint density at radius 3 is 2.45 bits per heavy atom. The van der Waals surface area contributed by atoms with Crippen molar-refractivity contribution in [2.24, 2.45) is 0 Å². The van der Waals surface area contributed by atoms with Crippen molar-refractivity contribution in [3.63, 3.8) is 0 Å². The molecular formula is C22H16F4N6O. The fourth-order valence-electron chi connectivity index (χ4n) is 3.18. The van der Waals surface area contributed by atoms with Crippen LogP contribution < -0.4 is 10.6 Å². The number of pyridine rings is 4. The van der Waals surface area contributed by atoms with Crippen molar-refractivity contribution in [1.82, 2.24) is 19.9 Å². The van der Waals surface area contributed by atoms with Gasteiger partial charge in [-0.3, -0.25) is 14.8 Å². The summed E-state index contributed by atoms with van der Waals surface area (Å²) in [7, 11) is 1.75. The molecule has 0 fully saturated rings. The standard InChI is InChI=1S/C22H16F4N6O/c1-11-15(12-3-13-8-31-20(27-2)6-18(13)29-7-12)4-14(9-28-11)32-21(33)19-5-16(22(24,25)26)17(23)10-30-19/h3-10H,1-2H3,(H,27,31)(H,32,33). The van der Waals surface area contributed by atoms with E-state index >= 15 is 0 Å². The van der Waals surface area contributed by atoms with E-state index < -0.39 is 29.2 Å². The highest BCUT2D eigenvalue weighted by Crippen LogP contribution is 2.32. The van der Waals surface area contributed by atoms with Gasteiger partial charge in [-0.2, -0.15) is 13.2 Å². The van der Waals surface area contributed by atoms with E-state index in [-0.39, 0.29) is 5.69 Å². The SMILES string of the molecule is CNc1cc2ncc(-c3cc(NC(=O)c4cc(C(F)(F)F)c(F)cn4)cnc3C)cc2cn1. The first-order valence-electron chi connectivity index (χ1n) is 9.60. The maximum Gasteiger partial charge on any atom is 0.419 e. The molecule has 0 bridgehead atoms. The summed E-state index contributed by atoms with van der Waals surface area (Å²) in [6.07, 6.45) is 0.0938. The van der Waals surface area contributed by atoms with Crippen molar-refractivity contribution >= 4 is 28.3 Å². The fourth-order valence-corrected chi connectivity index (χ4v) is 3.18. The van der Waals surface area contributed by atoms with Crippen LogP contribution in [0, 0.1) is 12.7 Å². The van der Waals surface area contributed by atoms with Crippen molar-refractivity contribution in [2.45, 2.75) is 13.1 Å². The molecular weight excluding hydrogens is 440 g/mol. The fraction of sp³-hybridized carbons (Fsp3) is 0.136. The lowest BCUT2D eigenvalue weighted by Gasteiger charge is -2.12. The number of alkyl halides is 3. The number of amides is 1. The largest absolute Gasteiger partial charge is 0.419 e. The van der Waals surface area contributed by atoms with E-state index in [1.54, 1.807) is 38.5 Å². The zero-order valence-electron chi connectivity index (χ0n) is 17.3. The molecule has 4 heterocycles. The zero-order chi connectivity index (χ0) is 23.8. The van der Waals surface area contributed by atoms with Crippen molar-refractivity contribution in [3.8, 4) is 11.1 Å². The number of anilines is 2. The summed E-state index contributed by atoms with van der Waals surface area (Å²) in [5, 5.41) is 6.18. The van der Waals surface area contributed by atoms with Crippen molar-refractivity contribution < 1.29 is 22.4 Å². The summed E-state index contributed by atoms with van der Waals surface area (Å²) in [5.74, 6) is -1.82. The normalized spacial score (nSPS) is 11.5. The lowest BCUT2D eigenvalue weighted by Crippen LogP contribution is -2.17. The van der Waals surface area contributed by atoms with Crippen LogP contribution in [0.3, 0.4) is 0 Å². The third kappa shape index (κ3) is 4.56. The molecule has 0 radical (unpaired) electrons. The minimum atomic E-state index is -4.95. The van der Waals surface area contributed by atoms with Gasteiger partial charge in [0.2, 0.25) is 0 Å².